The number of hydrogen-bond donors (Lipinski definition) is 2. The lowest BCUT2D eigenvalue weighted by molar-refractivity contribution is -0.341. The molecule has 2 atom stereocenters. The maximum atomic E-state index is 12.3. The fourth-order valence-corrected chi connectivity index (χ4v) is 2.25. The number of piperidine rings is 2. The van der Waals surface area contributed by atoms with Crippen LogP contribution in [-0.4, -0.2) is 30.0 Å². The molecule has 2 bridgehead atoms. The molecule has 2 N–H and O–H groups in total. The molecule has 3 aliphatic rings. The topological polar surface area (TPSA) is 32.3 Å². The number of hydrogen-bond acceptors (Lipinski definition) is 2. The van der Waals surface area contributed by atoms with Gasteiger partial charge in [-0.05, 0) is 6.42 Å². The molecule has 70 valence electrons. The molecular formula is C7H10F3NO. The van der Waals surface area contributed by atoms with Crippen LogP contribution in [0.2, 0.25) is 0 Å². The Morgan fingerprint density at radius 1 is 1.25 bits per heavy atom. The van der Waals surface area contributed by atoms with E-state index in [-0.39, 0.29) is 13.1 Å². The van der Waals surface area contributed by atoms with Crippen LogP contribution in [0.15, 0.2) is 0 Å². The normalized spacial score (nSPS) is 47.0. The Bertz CT molecular complexity index is 189. The summed E-state index contributed by atoms with van der Waals surface area (Å²) in [6, 6.07) is 0. The maximum absolute atomic E-state index is 12.3. The van der Waals surface area contributed by atoms with Crippen molar-refractivity contribution in [1.29, 1.82) is 0 Å². The fraction of sp³-hybridized carbons (Fsp3) is 1.00. The zero-order valence-corrected chi connectivity index (χ0v) is 6.36. The molecule has 0 unspecified atom stereocenters. The van der Waals surface area contributed by atoms with Crippen LogP contribution in [0.3, 0.4) is 0 Å². The molecule has 12 heavy (non-hydrogen) atoms. The van der Waals surface area contributed by atoms with Gasteiger partial charge in [0.1, 0.15) is 0 Å². The van der Waals surface area contributed by atoms with Crippen molar-refractivity contribution >= 4 is 0 Å². The minimum absolute atomic E-state index is 0.284. The highest BCUT2D eigenvalue weighted by molar-refractivity contribution is 5.11. The Labute approximate surface area is 67.8 Å². The first-order valence-electron chi connectivity index (χ1n) is 3.96. The Kier molecular flexibility index (Phi) is 1.48. The Balaban J connectivity index is 2.22. The highest BCUT2D eigenvalue weighted by Gasteiger charge is 2.70. The second-order valence-electron chi connectivity index (χ2n) is 3.61. The van der Waals surface area contributed by atoms with Gasteiger partial charge in [0, 0.05) is 24.9 Å². The molecule has 5 heteroatoms. The van der Waals surface area contributed by atoms with Crippen molar-refractivity contribution in [2.24, 2.45) is 11.8 Å². The lowest BCUT2D eigenvalue weighted by Gasteiger charge is -2.56. The maximum Gasteiger partial charge on any atom is 0.417 e. The first-order chi connectivity index (χ1) is 5.46. The van der Waals surface area contributed by atoms with Crippen LogP contribution in [-0.2, 0) is 0 Å². The van der Waals surface area contributed by atoms with Crippen LogP contribution in [0.25, 0.3) is 0 Å². The lowest BCUT2D eigenvalue weighted by atomic mass is 9.58. The predicted octanol–water partition coefficient (Wildman–Crippen LogP) is 0.519. The molecule has 2 aliphatic heterocycles. The molecule has 1 aliphatic carbocycles. The summed E-state index contributed by atoms with van der Waals surface area (Å²) in [6.07, 6.45) is -3.95. The van der Waals surface area contributed by atoms with Crippen LogP contribution in [0.1, 0.15) is 6.42 Å². The van der Waals surface area contributed by atoms with Gasteiger partial charge in [0.15, 0.2) is 5.60 Å². The third kappa shape index (κ3) is 0.781. The number of nitrogens with one attached hydrogen (secondary N) is 1. The van der Waals surface area contributed by atoms with Gasteiger partial charge >= 0.3 is 6.18 Å². The van der Waals surface area contributed by atoms with E-state index in [1.807, 2.05) is 0 Å². The molecule has 0 aromatic rings. The smallest absolute Gasteiger partial charge is 0.380 e. The second kappa shape index (κ2) is 2.14. The van der Waals surface area contributed by atoms with Gasteiger partial charge in [0.05, 0.1) is 0 Å². The van der Waals surface area contributed by atoms with Crippen molar-refractivity contribution in [2.45, 2.75) is 18.2 Å². The molecule has 0 radical (unpaired) electrons. The molecule has 3 rings (SSSR count). The van der Waals surface area contributed by atoms with Gasteiger partial charge in [-0.25, -0.2) is 0 Å². The third-order valence-corrected chi connectivity index (χ3v) is 3.05. The van der Waals surface area contributed by atoms with Crippen LogP contribution in [0, 0.1) is 11.8 Å². The molecule has 3 fully saturated rings. The number of alkyl halides is 3. The second-order valence-corrected chi connectivity index (χ2v) is 3.61. The standard InChI is InChI=1S/C7H10F3NO/c8-7(9,10)6(12)4-1-5(6)3-11-2-4/h4-5,11-12H,1-3H2/t4-,5-/m1/s1. The van der Waals surface area contributed by atoms with E-state index < -0.39 is 23.6 Å². The van der Waals surface area contributed by atoms with Crippen LogP contribution >= 0.6 is 0 Å². The highest BCUT2D eigenvalue weighted by Crippen LogP contribution is 2.54. The van der Waals surface area contributed by atoms with Gasteiger partial charge < -0.3 is 10.4 Å². The van der Waals surface area contributed by atoms with Crippen LogP contribution in [0.5, 0.6) is 0 Å². The summed E-state index contributed by atoms with van der Waals surface area (Å²) in [4.78, 5) is 0. The van der Waals surface area contributed by atoms with E-state index in [0.29, 0.717) is 6.42 Å². The van der Waals surface area contributed by atoms with Gasteiger partial charge in [0.2, 0.25) is 0 Å². The van der Waals surface area contributed by atoms with Gasteiger partial charge in [-0.2, -0.15) is 13.2 Å². The van der Waals surface area contributed by atoms with E-state index in [1.54, 1.807) is 0 Å². The quantitative estimate of drug-likeness (QED) is 0.571. The summed E-state index contributed by atoms with van der Waals surface area (Å²) in [5.74, 6) is -1.26. The summed E-state index contributed by atoms with van der Waals surface area (Å²) >= 11 is 0. The van der Waals surface area contributed by atoms with Gasteiger partial charge in [-0.3, -0.25) is 0 Å². The fourth-order valence-electron chi connectivity index (χ4n) is 2.25. The third-order valence-electron chi connectivity index (χ3n) is 3.05. The molecule has 2 nitrogen and oxygen atoms in total. The minimum Gasteiger partial charge on any atom is -0.380 e. The van der Waals surface area contributed by atoms with Crippen molar-refractivity contribution in [3.05, 3.63) is 0 Å². The van der Waals surface area contributed by atoms with Crippen LogP contribution in [0.4, 0.5) is 13.2 Å². The monoisotopic (exact) mass is 181 g/mol. The lowest BCUT2D eigenvalue weighted by Crippen LogP contribution is -2.72. The predicted molar refractivity (Wildman–Crippen MR) is 35.5 cm³/mol. The average Bonchev–Trinajstić information content (AvgIpc) is 2.02. The summed E-state index contributed by atoms with van der Waals surface area (Å²) < 4.78 is 37.0. The first-order valence-corrected chi connectivity index (χ1v) is 3.96. The van der Waals surface area contributed by atoms with E-state index in [1.165, 1.54) is 0 Å². The molecular weight excluding hydrogens is 171 g/mol. The number of rotatable bonds is 0. The van der Waals surface area contributed by atoms with Crippen LogP contribution < -0.4 is 5.32 Å². The van der Waals surface area contributed by atoms with E-state index in [4.69, 9.17) is 0 Å². The minimum atomic E-state index is -4.46. The average molecular weight is 181 g/mol. The number of halogens is 3. The van der Waals surface area contributed by atoms with Crippen molar-refractivity contribution in [2.75, 3.05) is 13.1 Å². The molecule has 2 saturated heterocycles. The zero-order chi connectivity index (χ0) is 8.98. The molecule has 0 aromatic carbocycles. The Morgan fingerprint density at radius 3 is 2.00 bits per heavy atom. The first kappa shape index (κ1) is 8.31. The number of fused-ring (bicyclic) bond motifs is 2. The molecule has 0 amide bonds. The highest BCUT2D eigenvalue weighted by atomic mass is 19.4. The van der Waals surface area contributed by atoms with E-state index in [9.17, 15) is 18.3 Å². The van der Waals surface area contributed by atoms with E-state index in [0.717, 1.165) is 0 Å². The van der Waals surface area contributed by atoms with Gasteiger partial charge in [-0.1, -0.05) is 0 Å². The Morgan fingerprint density at radius 2 is 1.75 bits per heavy atom. The summed E-state index contributed by atoms with van der Waals surface area (Å²) in [7, 11) is 0. The van der Waals surface area contributed by atoms with Crippen molar-refractivity contribution in [3.63, 3.8) is 0 Å². The molecule has 0 aromatic heterocycles. The van der Waals surface area contributed by atoms with Crippen molar-refractivity contribution in [1.82, 2.24) is 5.32 Å². The van der Waals surface area contributed by atoms with Gasteiger partial charge in [-0.15, -0.1) is 0 Å². The zero-order valence-electron chi connectivity index (χ0n) is 6.36. The Hall–Kier alpha value is -0.290. The van der Waals surface area contributed by atoms with E-state index >= 15 is 0 Å². The van der Waals surface area contributed by atoms with E-state index in [2.05, 4.69) is 5.32 Å². The molecule has 1 saturated carbocycles. The molecule has 2 heterocycles. The van der Waals surface area contributed by atoms with Crippen molar-refractivity contribution in [3.8, 4) is 0 Å². The summed E-state index contributed by atoms with van der Waals surface area (Å²) in [6.45, 7) is 0.568. The summed E-state index contributed by atoms with van der Waals surface area (Å²) in [5, 5.41) is 12.2. The van der Waals surface area contributed by atoms with Crippen molar-refractivity contribution < 1.29 is 18.3 Å². The molecule has 0 spiro atoms. The number of aliphatic hydroxyl groups is 1. The SMILES string of the molecule is OC1(C(F)(F)F)[C@H]2CNC[C@H]1C2. The largest absolute Gasteiger partial charge is 0.417 e. The van der Waals surface area contributed by atoms with Gasteiger partial charge in [0.25, 0.3) is 0 Å². The summed E-state index contributed by atoms with van der Waals surface area (Å²) in [5.41, 5.74) is -2.39.